The number of imidazole rings is 1. The van der Waals surface area contributed by atoms with Gasteiger partial charge >= 0.3 is 0 Å². The first-order valence-electron chi connectivity index (χ1n) is 4.29. The van der Waals surface area contributed by atoms with Gasteiger partial charge in [-0.05, 0) is 12.1 Å². The van der Waals surface area contributed by atoms with E-state index in [2.05, 4.69) is 15.5 Å². The van der Waals surface area contributed by atoms with Crippen LogP contribution in [-0.2, 0) is 0 Å². The predicted molar refractivity (Wildman–Crippen MR) is 57.1 cm³/mol. The van der Waals surface area contributed by atoms with Crippen LogP contribution < -0.4 is 4.74 Å². The lowest BCUT2D eigenvalue weighted by molar-refractivity contribution is 0.418. The van der Waals surface area contributed by atoms with Gasteiger partial charge in [0.15, 0.2) is 4.96 Å². The molecule has 0 spiro atoms. The van der Waals surface area contributed by atoms with Crippen molar-refractivity contribution in [3.05, 3.63) is 30.6 Å². The third kappa shape index (κ3) is 0.886. The molecule has 14 heavy (non-hydrogen) atoms. The zero-order valence-electron chi connectivity index (χ0n) is 7.60. The Balaban J connectivity index is 2.57. The molecule has 2 heterocycles. The molecule has 2 aromatic heterocycles. The van der Waals surface area contributed by atoms with E-state index in [-0.39, 0.29) is 0 Å². The third-order valence-electron chi connectivity index (χ3n) is 2.23. The summed E-state index contributed by atoms with van der Waals surface area (Å²) >= 11 is 1.67. The number of hydrogen-bond donors (Lipinski definition) is 0. The van der Waals surface area contributed by atoms with E-state index in [4.69, 9.17) is 4.74 Å². The molecule has 0 aliphatic rings. The fourth-order valence-electron chi connectivity index (χ4n) is 1.62. The summed E-state index contributed by atoms with van der Waals surface area (Å²) in [5.41, 5.74) is 1.10. The quantitative estimate of drug-likeness (QED) is 0.609. The Hall–Kier alpha value is -1.55. The summed E-state index contributed by atoms with van der Waals surface area (Å²) in [6.45, 7) is 0. The first-order chi connectivity index (χ1) is 6.90. The Morgan fingerprint density at radius 2 is 2.36 bits per heavy atom. The molecule has 0 saturated carbocycles. The maximum Gasteiger partial charge on any atom is 0.194 e. The van der Waals surface area contributed by atoms with E-state index in [0.29, 0.717) is 0 Å². The minimum absolute atomic E-state index is 0.895. The van der Waals surface area contributed by atoms with E-state index in [1.54, 1.807) is 24.6 Å². The molecule has 3 nitrogen and oxygen atoms in total. The number of nitrogens with zero attached hydrogens (tertiary/aromatic N) is 2. The molecule has 3 rings (SSSR count). The van der Waals surface area contributed by atoms with Crippen LogP contribution in [0.1, 0.15) is 0 Å². The van der Waals surface area contributed by atoms with Gasteiger partial charge in [0.2, 0.25) is 0 Å². The highest BCUT2D eigenvalue weighted by molar-refractivity contribution is 7.23. The average molecular weight is 204 g/mol. The zero-order chi connectivity index (χ0) is 9.54. The van der Waals surface area contributed by atoms with Crippen LogP contribution in [0.3, 0.4) is 0 Å². The number of methoxy groups -OCH3 is 1. The predicted octanol–water partition coefficient (Wildman–Crippen LogP) is 2.56. The Labute approximate surface area is 84.6 Å². The Bertz CT molecular complexity index is 596. The second-order valence-electron chi connectivity index (χ2n) is 2.99. The number of hydrogen-bond acceptors (Lipinski definition) is 3. The maximum atomic E-state index is 5.32. The Morgan fingerprint density at radius 1 is 1.43 bits per heavy atom. The fraction of sp³-hybridized carbons (Fsp3) is 0.100. The largest absolute Gasteiger partial charge is 0.495 e. The number of ether oxygens (including phenoxy) is 1. The van der Waals surface area contributed by atoms with Gasteiger partial charge in [0.05, 0.1) is 11.8 Å². The van der Waals surface area contributed by atoms with Gasteiger partial charge in [0.25, 0.3) is 0 Å². The van der Waals surface area contributed by atoms with Gasteiger partial charge in [0.1, 0.15) is 11.3 Å². The summed E-state index contributed by atoms with van der Waals surface area (Å²) in [7, 11) is 1.69. The van der Waals surface area contributed by atoms with Gasteiger partial charge in [-0.1, -0.05) is 17.4 Å². The molecule has 4 heteroatoms. The lowest BCUT2D eigenvalue weighted by atomic mass is 10.3. The van der Waals surface area contributed by atoms with Crippen LogP contribution in [0, 0.1) is 0 Å². The molecule has 0 N–H and O–H groups in total. The minimum Gasteiger partial charge on any atom is -0.495 e. The van der Waals surface area contributed by atoms with Crippen LogP contribution >= 0.6 is 11.3 Å². The van der Waals surface area contributed by atoms with Crippen molar-refractivity contribution in [1.29, 1.82) is 0 Å². The summed E-state index contributed by atoms with van der Waals surface area (Å²) in [4.78, 5) is 5.26. The molecule has 0 amide bonds. The van der Waals surface area contributed by atoms with Crippen LogP contribution in [-0.4, -0.2) is 16.5 Å². The standard InChI is InChI=1S/C10H8N2OS/c1-13-7-3-2-4-8-9(7)12-6-5-11-10(12)14-8/h2-6H,1H3. The molecule has 0 aliphatic carbocycles. The molecule has 0 atom stereocenters. The molecule has 1 aromatic carbocycles. The SMILES string of the molecule is COc1cccc2sc3nccn3c12. The first-order valence-corrected chi connectivity index (χ1v) is 5.10. The van der Waals surface area contributed by atoms with Gasteiger partial charge in [-0.2, -0.15) is 0 Å². The summed E-state index contributed by atoms with van der Waals surface area (Å²) < 4.78 is 8.58. The number of benzene rings is 1. The lowest BCUT2D eigenvalue weighted by Gasteiger charge is -2.00. The number of fused-ring (bicyclic) bond motifs is 3. The van der Waals surface area contributed by atoms with Gasteiger partial charge in [0, 0.05) is 12.4 Å². The highest BCUT2D eigenvalue weighted by atomic mass is 32.1. The molecule has 0 saturated heterocycles. The van der Waals surface area contributed by atoms with Gasteiger partial charge in [-0.25, -0.2) is 4.98 Å². The zero-order valence-corrected chi connectivity index (χ0v) is 8.41. The van der Waals surface area contributed by atoms with Crippen LogP contribution in [0.2, 0.25) is 0 Å². The highest BCUT2D eigenvalue weighted by Gasteiger charge is 2.08. The second kappa shape index (κ2) is 2.72. The van der Waals surface area contributed by atoms with Crippen molar-refractivity contribution in [3.63, 3.8) is 0 Å². The molecule has 0 unspecified atom stereocenters. The summed E-state index contributed by atoms with van der Waals surface area (Å²) in [6.07, 6.45) is 3.76. The first kappa shape index (κ1) is 7.82. The van der Waals surface area contributed by atoms with Gasteiger partial charge in [-0.15, -0.1) is 0 Å². The molecule has 3 aromatic rings. The van der Waals surface area contributed by atoms with E-state index in [0.717, 1.165) is 16.2 Å². The van der Waals surface area contributed by atoms with Crippen molar-refractivity contribution in [2.75, 3.05) is 7.11 Å². The summed E-state index contributed by atoms with van der Waals surface area (Å²) in [5.74, 6) is 0.895. The lowest BCUT2D eigenvalue weighted by Crippen LogP contribution is -1.86. The number of para-hydroxylation sites is 1. The highest BCUT2D eigenvalue weighted by Crippen LogP contribution is 2.31. The van der Waals surface area contributed by atoms with Crippen molar-refractivity contribution >= 4 is 26.5 Å². The minimum atomic E-state index is 0.895. The van der Waals surface area contributed by atoms with E-state index in [1.807, 2.05) is 18.3 Å². The second-order valence-corrected chi connectivity index (χ2v) is 4.00. The van der Waals surface area contributed by atoms with Crippen LogP contribution in [0.5, 0.6) is 5.75 Å². The van der Waals surface area contributed by atoms with Gasteiger partial charge < -0.3 is 4.74 Å². The van der Waals surface area contributed by atoms with Gasteiger partial charge in [-0.3, -0.25) is 4.40 Å². The Kier molecular flexibility index (Phi) is 1.52. The van der Waals surface area contributed by atoms with E-state index < -0.39 is 0 Å². The van der Waals surface area contributed by atoms with Crippen molar-refractivity contribution in [3.8, 4) is 5.75 Å². The molecule has 0 fully saturated rings. The number of rotatable bonds is 1. The fourth-order valence-corrected chi connectivity index (χ4v) is 2.62. The van der Waals surface area contributed by atoms with E-state index >= 15 is 0 Å². The third-order valence-corrected chi connectivity index (χ3v) is 3.26. The normalized spacial score (nSPS) is 11.2. The topological polar surface area (TPSA) is 26.5 Å². The van der Waals surface area contributed by atoms with Crippen molar-refractivity contribution in [2.45, 2.75) is 0 Å². The van der Waals surface area contributed by atoms with Crippen molar-refractivity contribution in [1.82, 2.24) is 9.38 Å². The van der Waals surface area contributed by atoms with Crippen LogP contribution in [0.15, 0.2) is 30.6 Å². The molecular weight excluding hydrogens is 196 g/mol. The average Bonchev–Trinajstić information content (AvgIpc) is 2.75. The van der Waals surface area contributed by atoms with Crippen molar-refractivity contribution in [2.24, 2.45) is 0 Å². The molecule has 0 aliphatic heterocycles. The maximum absolute atomic E-state index is 5.32. The van der Waals surface area contributed by atoms with E-state index in [1.165, 1.54) is 4.70 Å². The summed E-state index contributed by atoms with van der Waals surface area (Å²) in [6, 6.07) is 6.04. The van der Waals surface area contributed by atoms with Crippen molar-refractivity contribution < 1.29 is 4.74 Å². The number of aromatic nitrogens is 2. The number of thiazole rings is 1. The molecule has 0 radical (unpaired) electrons. The molecule has 0 bridgehead atoms. The Morgan fingerprint density at radius 3 is 3.21 bits per heavy atom. The monoisotopic (exact) mass is 204 g/mol. The molecule has 70 valence electrons. The van der Waals surface area contributed by atoms with Crippen LogP contribution in [0.25, 0.3) is 15.2 Å². The summed E-state index contributed by atoms with van der Waals surface area (Å²) in [5, 5.41) is 0. The van der Waals surface area contributed by atoms with Crippen LogP contribution in [0.4, 0.5) is 0 Å². The smallest absolute Gasteiger partial charge is 0.194 e. The van der Waals surface area contributed by atoms with E-state index in [9.17, 15) is 0 Å². The molecular formula is C10H8N2OS.